The average molecular weight is 229 g/mol. The van der Waals surface area contributed by atoms with Crippen LogP contribution in [0.1, 0.15) is 23.1 Å². The van der Waals surface area contributed by atoms with E-state index >= 15 is 0 Å². The normalized spacial score (nSPS) is 15.1. The van der Waals surface area contributed by atoms with Crippen molar-refractivity contribution in [2.24, 2.45) is 0 Å². The first-order valence-corrected chi connectivity index (χ1v) is 6.76. The zero-order valence-electron chi connectivity index (χ0n) is 9.71. The number of fused-ring (bicyclic) bond motifs is 2. The number of aryl methyl sites for hydroxylation is 3. The zero-order chi connectivity index (χ0) is 11.1. The van der Waals surface area contributed by atoms with Gasteiger partial charge in [0.15, 0.2) is 0 Å². The van der Waals surface area contributed by atoms with E-state index in [9.17, 15) is 0 Å². The molecular weight excluding hydrogens is 214 g/mol. The van der Waals surface area contributed by atoms with Crippen LogP contribution >= 0.6 is 11.8 Å². The highest BCUT2D eigenvalue weighted by Crippen LogP contribution is 2.31. The first-order chi connectivity index (χ1) is 7.74. The summed E-state index contributed by atoms with van der Waals surface area (Å²) < 4.78 is 0. The van der Waals surface area contributed by atoms with Gasteiger partial charge in [0.1, 0.15) is 0 Å². The molecule has 0 atom stereocenters. The first kappa shape index (κ1) is 10.2. The molecule has 3 rings (SSSR count). The second kappa shape index (κ2) is 3.77. The van der Waals surface area contributed by atoms with Crippen LogP contribution in [0.4, 0.5) is 0 Å². The molecular formula is C14H15NS. The van der Waals surface area contributed by atoms with Crippen LogP contribution in [-0.4, -0.2) is 10.7 Å². The van der Waals surface area contributed by atoms with Crippen molar-refractivity contribution in [2.45, 2.75) is 31.7 Å². The minimum absolute atomic E-state index is 1.15. The summed E-state index contributed by atoms with van der Waals surface area (Å²) in [5.41, 5.74) is 5.28. The van der Waals surface area contributed by atoms with E-state index in [2.05, 4.69) is 32.0 Å². The van der Waals surface area contributed by atoms with Gasteiger partial charge < -0.3 is 0 Å². The van der Waals surface area contributed by atoms with Gasteiger partial charge >= 0.3 is 0 Å². The Morgan fingerprint density at radius 1 is 1.12 bits per heavy atom. The lowest BCUT2D eigenvalue weighted by Gasteiger charge is -2.15. The van der Waals surface area contributed by atoms with Crippen molar-refractivity contribution in [3.63, 3.8) is 0 Å². The van der Waals surface area contributed by atoms with Crippen molar-refractivity contribution >= 4 is 22.7 Å². The molecule has 2 aromatic rings. The summed E-state index contributed by atoms with van der Waals surface area (Å²) >= 11 is 1.90. The van der Waals surface area contributed by atoms with Crippen LogP contribution in [0, 0.1) is 13.8 Å². The summed E-state index contributed by atoms with van der Waals surface area (Å²) in [6.07, 6.45) is 2.48. The minimum atomic E-state index is 1.15. The van der Waals surface area contributed by atoms with E-state index < -0.39 is 0 Å². The van der Waals surface area contributed by atoms with Crippen molar-refractivity contribution < 1.29 is 0 Å². The molecule has 1 aromatic carbocycles. The van der Waals surface area contributed by atoms with E-state index in [1.54, 1.807) is 0 Å². The lowest BCUT2D eigenvalue weighted by atomic mass is 10.0. The number of hydrogen-bond acceptors (Lipinski definition) is 2. The largest absolute Gasteiger partial charge is 0.241 e. The lowest BCUT2D eigenvalue weighted by Crippen LogP contribution is -2.01. The molecule has 0 amide bonds. The van der Waals surface area contributed by atoms with Gasteiger partial charge in [-0.3, -0.25) is 0 Å². The Morgan fingerprint density at radius 3 is 2.81 bits per heavy atom. The van der Waals surface area contributed by atoms with Gasteiger partial charge in [0.25, 0.3) is 0 Å². The highest BCUT2D eigenvalue weighted by molar-refractivity contribution is 7.99. The monoisotopic (exact) mass is 229 g/mol. The van der Waals surface area contributed by atoms with Crippen LogP contribution in [0.3, 0.4) is 0 Å². The maximum atomic E-state index is 4.78. The van der Waals surface area contributed by atoms with E-state index in [4.69, 9.17) is 4.98 Å². The van der Waals surface area contributed by atoms with E-state index in [1.807, 2.05) is 11.8 Å². The predicted octanol–water partition coefficient (Wildman–Crippen LogP) is 3.89. The van der Waals surface area contributed by atoms with E-state index in [1.165, 1.54) is 45.7 Å². The SMILES string of the molecule is Cc1cc2cc3c(nc2cc1C)SCCC3. The van der Waals surface area contributed by atoms with Gasteiger partial charge in [0.05, 0.1) is 10.5 Å². The maximum Gasteiger partial charge on any atom is 0.0999 e. The molecule has 0 unspecified atom stereocenters. The summed E-state index contributed by atoms with van der Waals surface area (Å²) in [5, 5.41) is 2.55. The van der Waals surface area contributed by atoms with Crippen LogP contribution in [-0.2, 0) is 6.42 Å². The topological polar surface area (TPSA) is 12.9 Å². The van der Waals surface area contributed by atoms with Gasteiger partial charge in [-0.25, -0.2) is 4.98 Å². The quantitative estimate of drug-likeness (QED) is 0.679. The summed E-state index contributed by atoms with van der Waals surface area (Å²) in [5.74, 6) is 1.22. The summed E-state index contributed by atoms with van der Waals surface area (Å²) in [7, 11) is 0. The van der Waals surface area contributed by atoms with Gasteiger partial charge in [-0.1, -0.05) is 0 Å². The number of benzene rings is 1. The number of aromatic nitrogens is 1. The summed E-state index contributed by atoms with van der Waals surface area (Å²) in [6, 6.07) is 6.80. The molecule has 0 fully saturated rings. The third kappa shape index (κ3) is 1.61. The second-order valence-corrected chi connectivity index (χ2v) is 5.62. The molecule has 2 heteroatoms. The highest BCUT2D eigenvalue weighted by Gasteiger charge is 2.12. The molecule has 16 heavy (non-hydrogen) atoms. The lowest BCUT2D eigenvalue weighted by molar-refractivity contribution is 0.867. The van der Waals surface area contributed by atoms with Gasteiger partial charge in [-0.2, -0.15) is 0 Å². The molecule has 1 nitrogen and oxygen atoms in total. The van der Waals surface area contributed by atoms with E-state index in [0.29, 0.717) is 0 Å². The fourth-order valence-corrected chi connectivity index (χ4v) is 3.19. The molecule has 0 saturated heterocycles. The van der Waals surface area contributed by atoms with Crippen LogP contribution in [0.2, 0.25) is 0 Å². The Balaban J connectivity index is 2.27. The van der Waals surface area contributed by atoms with E-state index in [0.717, 1.165) is 5.52 Å². The third-order valence-electron chi connectivity index (χ3n) is 3.30. The molecule has 1 aliphatic heterocycles. The fraction of sp³-hybridized carbons (Fsp3) is 0.357. The maximum absolute atomic E-state index is 4.78. The summed E-state index contributed by atoms with van der Waals surface area (Å²) in [6.45, 7) is 4.33. The van der Waals surface area contributed by atoms with Crippen LogP contribution in [0.15, 0.2) is 23.2 Å². The molecule has 0 radical (unpaired) electrons. The highest BCUT2D eigenvalue weighted by atomic mass is 32.2. The van der Waals surface area contributed by atoms with Gasteiger partial charge in [0, 0.05) is 5.39 Å². The Morgan fingerprint density at radius 2 is 1.94 bits per heavy atom. The van der Waals surface area contributed by atoms with Crippen molar-refractivity contribution in [1.82, 2.24) is 4.98 Å². The number of nitrogens with zero attached hydrogens (tertiary/aromatic N) is 1. The van der Waals surface area contributed by atoms with Crippen molar-refractivity contribution in [2.75, 3.05) is 5.75 Å². The molecule has 2 heterocycles. The van der Waals surface area contributed by atoms with Crippen molar-refractivity contribution in [1.29, 1.82) is 0 Å². The molecule has 0 bridgehead atoms. The Hall–Kier alpha value is -1.02. The van der Waals surface area contributed by atoms with Crippen LogP contribution in [0.25, 0.3) is 10.9 Å². The Labute approximate surface area is 100 Å². The predicted molar refractivity (Wildman–Crippen MR) is 70.3 cm³/mol. The number of rotatable bonds is 0. The second-order valence-electron chi connectivity index (χ2n) is 4.53. The Kier molecular flexibility index (Phi) is 2.40. The van der Waals surface area contributed by atoms with Crippen LogP contribution < -0.4 is 0 Å². The van der Waals surface area contributed by atoms with Gasteiger partial charge in [0.2, 0.25) is 0 Å². The molecule has 0 saturated carbocycles. The average Bonchev–Trinajstić information content (AvgIpc) is 2.28. The molecule has 1 aromatic heterocycles. The zero-order valence-corrected chi connectivity index (χ0v) is 10.5. The fourth-order valence-electron chi connectivity index (χ4n) is 2.20. The molecule has 0 N–H and O–H groups in total. The third-order valence-corrected chi connectivity index (χ3v) is 4.42. The smallest absolute Gasteiger partial charge is 0.0999 e. The van der Waals surface area contributed by atoms with Crippen molar-refractivity contribution in [3.8, 4) is 0 Å². The van der Waals surface area contributed by atoms with Crippen LogP contribution in [0.5, 0.6) is 0 Å². The van der Waals surface area contributed by atoms with Gasteiger partial charge in [-0.15, -0.1) is 11.8 Å². The molecule has 82 valence electrons. The summed E-state index contributed by atoms with van der Waals surface area (Å²) in [4.78, 5) is 4.78. The molecule has 1 aliphatic rings. The van der Waals surface area contributed by atoms with E-state index in [-0.39, 0.29) is 0 Å². The first-order valence-electron chi connectivity index (χ1n) is 5.78. The minimum Gasteiger partial charge on any atom is -0.241 e. The standard InChI is InChI=1S/C14H15NS/c1-9-6-12-8-11-4-3-5-16-14(11)15-13(12)7-10(9)2/h6-8H,3-5H2,1-2H3. The van der Waals surface area contributed by atoms with Gasteiger partial charge in [-0.05, 0) is 67.3 Å². The number of hydrogen-bond donors (Lipinski definition) is 0. The number of pyridine rings is 1. The number of thioether (sulfide) groups is 1. The van der Waals surface area contributed by atoms with Crippen molar-refractivity contribution in [3.05, 3.63) is 34.9 Å². The molecule has 0 aliphatic carbocycles. The molecule has 0 spiro atoms. The Bertz CT molecular complexity index is 510.